The summed E-state index contributed by atoms with van der Waals surface area (Å²) >= 11 is 0. The Morgan fingerprint density at radius 2 is 1.50 bits per heavy atom. The molecule has 0 aromatic heterocycles. The molecule has 160 valence electrons. The number of methoxy groups -OCH3 is 1. The summed E-state index contributed by atoms with van der Waals surface area (Å²) in [6, 6.07) is 8.86. The Hall–Kier alpha value is -2.54. The van der Waals surface area contributed by atoms with E-state index in [-0.39, 0.29) is 0 Å². The van der Waals surface area contributed by atoms with E-state index in [2.05, 4.69) is 4.36 Å². The van der Waals surface area contributed by atoms with Gasteiger partial charge >= 0.3 is 0 Å². The Morgan fingerprint density at radius 1 is 1.00 bits per heavy atom. The molecule has 1 atom stereocenters. The van der Waals surface area contributed by atoms with E-state index in [9.17, 15) is 9.00 Å². The van der Waals surface area contributed by atoms with E-state index < -0.39 is 26.5 Å². The second-order valence-electron chi connectivity index (χ2n) is 9.17. The van der Waals surface area contributed by atoms with E-state index >= 15 is 0 Å². The number of amides is 1. The Balaban J connectivity index is 2.03. The van der Waals surface area contributed by atoms with Gasteiger partial charge < -0.3 is 14.2 Å². The normalized spacial score (nSPS) is 19.7. The Labute approximate surface area is 177 Å². The predicted octanol–water partition coefficient (Wildman–Crippen LogP) is 4.33. The van der Waals surface area contributed by atoms with Gasteiger partial charge in [-0.25, -0.2) is 4.21 Å². The van der Waals surface area contributed by atoms with Crippen molar-refractivity contribution in [3.8, 4) is 17.2 Å². The Bertz CT molecular complexity index is 1110. The molecule has 2 aliphatic heterocycles. The molecule has 7 heteroatoms. The van der Waals surface area contributed by atoms with Gasteiger partial charge in [-0.15, -0.1) is 0 Å². The first-order chi connectivity index (χ1) is 14.0. The molecule has 2 aromatic carbocycles. The molecule has 0 aliphatic carbocycles. The first-order valence-corrected chi connectivity index (χ1v) is 11.8. The summed E-state index contributed by atoms with van der Waals surface area (Å²) in [7, 11) is -1.35. The highest BCUT2D eigenvalue weighted by Gasteiger charge is 2.48. The number of hydrogen-bond acceptors (Lipinski definition) is 5. The van der Waals surface area contributed by atoms with Gasteiger partial charge in [0.05, 0.1) is 35.6 Å². The van der Waals surface area contributed by atoms with Gasteiger partial charge in [-0.2, -0.15) is 4.36 Å². The van der Waals surface area contributed by atoms with Crippen LogP contribution in [-0.4, -0.2) is 36.7 Å². The summed E-state index contributed by atoms with van der Waals surface area (Å²) in [5.41, 5.74) is 1.05. The van der Waals surface area contributed by atoms with Crippen molar-refractivity contribution < 1.29 is 23.2 Å². The Morgan fingerprint density at radius 3 is 1.97 bits per heavy atom. The van der Waals surface area contributed by atoms with Crippen LogP contribution in [0.5, 0.6) is 17.2 Å². The third-order valence-corrected chi connectivity index (χ3v) is 7.39. The zero-order chi connectivity index (χ0) is 21.9. The lowest BCUT2D eigenvalue weighted by Crippen LogP contribution is -2.26. The third-order valence-electron chi connectivity index (χ3n) is 5.73. The monoisotopic (exact) mass is 429 g/mol. The molecule has 2 heterocycles. The number of hydrogen-bond donors (Lipinski definition) is 0. The number of ether oxygens (including phenoxy) is 3. The zero-order valence-corrected chi connectivity index (χ0v) is 19.0. The van der Waals surface area contributed by atoms with Gasteiger partial charge in [0.1, 0.15) is 0 Å². The highest BCUT2D eigenvalue weighted by Crippen LogP contribution is 2.57. The van der Waals surface area contributed by atoms with Crippen molar-refractivity contribution in [1.29, 1.82) is 0 Å². The third kappa shape index (κ3) is 3.07. The minimum Gasteiger partial charge on any atom is -0.490 e. The molecule has 1 amide bonds. The van der Waals surface area contributed by atoms with Crippen LogP contribution < -0.4 is 14.2 Å². The summed E-state index contributed by atoms with van der Waals surface area (Å²) in [6.45, 7) is 8.88. The van der Waals surface area contributed by atoms with Crippen molar-refractivity contribution in [3.05, 3.63) is 47.0 Å². The summed E-state index contributed by atoms with van der Waals surface area (Å²) in [6.07, 6.45) is 1.49. The van der Waals surface area contributed by atoms with Gasteiger partial charge in [-0.3, -0.25) is 4.79 Å². The zero-order valence-electron chi connectivity index (χ0n) is 18.2. The van der Waals surface area contributed by atoms with Crippen molar-refractivity contribution in [2.75, 3.05) is 26.6 Å². The van der Waals surface area contributed by atoms with Crippen LogP contribution in [0, 0.1) is 0 Å². The lowest BCUT2D eigenvalue weighted by molar-refractivity contribution is 0.100. The molecule has 2 aromatic rings. The SMILES string of the molecule is COc1c2c(c(C(=O)N=S(C)(=O)c3ccccc3)c3c1OCC3(C)C)C(C)(C)CO2. The molecule has 6 nitrogen and oxygen atoms in total. The van der Waals surface area contributed by atoms with Crippen molar-refractivity contribution in [2.45, 2.75) is 43.4 Å². The molecule has 0 saturated carbocycles. The van der Waals surface area contributed by atoms with Gasteiger partial charge in [0, 0.05) is 33.1 Å². The van der Waals surface area contributed by atoms with E-state index in [1.807, 2.05) is 33.8 Å². The molecule has 2 aliphatic rings. The fraction of sp³-hybridized carbons (Fsp3) is 0.435. The van der Waals surface area contributed by atoms with Crippen molar-refractivity contribution in [3.63, 3.8) is 0 Å². The van der Waals surface area contributed by atoms with E-state index in [1.54, 1.807) is 31.4 Å². The van der Waals surface area contributed by atoms with Gasteiger partial charge in [-0.05, 0) is 12.1 Å². The molecule has 30 heavy (non-hydrogen) atoms. The quantitative estimate of drug-likeness (QED) is 0.726. The summed E-state index contributed by atoms with van der Waals surface area (Å²) in [4.78, 5) is 14.2. The molecule has 0 radical (unpaired) electrons. The molecule has 1 unspecified atom stereocenters. The molecule has 0 fully saturated rings. The fourth-order valence-electron chi connectivity index (χ4n) is 4.23. The van der Waals surface area contributed by atoms with Crippen molar-refractivity contribution in [1.82, 2.24) is 0 Å². The minimum atomic E-state index is -2.92. The maximum Gasteiger partial charge on any atom is 0.286 e. The predicted molar refractivity (Wildman–Crippen MR) is 116 cm³/mol. The second kappa shape index (κ2) is 6.74. The van der Waals surface area contributed by atoms with Crippen LogP contribution in [-0.2, 0) is 20.6 Å². The largest absolute Gasteiger partial charge is 0.490 e. The van der Waals surface area contributed by atoms with Gasteiger partial charge in [0.15, 0.2) is 11.5 Å². The number of fused-ring (bicyclic) bond motifs is 2. The van der Waals surface area contributed by atoms with Crippen LogP contribution >= 0.6 is 0 Å². The number of carbonyl (C=O) groups excluding carboxylic acids is 1. The van der Waals surface area contributed by atoms with Crippen molar-refractivity contribution in [2.24, 2.45) is 4.36 Å². The molecule has 0 spiro atoms. The number of benzene rings is 2. The summed E-state index contributed by atoms with van der Waals surface area (Å²) < 4.78 is 35.1. The maximum atomic E-state index is 13.6. The van der Waals surface area contributed by atoms with Gasteiger partial charge in [-0.1, -0.05) is 45.9 Å². The lowest BCUT2D eigenvalue weighted by Gasteiger charge is -2.24. The van der Waals surface area contributed by atoms with Crippen LogP contribution in [0.4, 0.5) is 0 Å². The molecule has 0 bridgehead atoms. The van der Waals surface area contributed by atoms with E-state index in [1.165, 1.54) is 6.26 Å². The number of nitrogens with zero attached hydrogens (tertiary/aromatic N) is 1. The number of rotatable bonds is 3. The van der Waals surface area contributed by atoms with Crippen LogP contribution in [0.1, 0.15) is 49.2 Å². The Kier molecular flexibility index (Phi) is 4.65. The molecular weight excluding hydrogens is 402 g/mol. The van der Waals surface area contributed by atoms with Gasteiger partial charge in [0.25, 0.3) is 5.91 Å². The molecule has 0 saturated heterocycles. The van der Waals surface area contributed by atoms with Crippen LogP contribution in [0.15, 0.2) is 39.6 Å². The second-order valence-corrected chi connectivity index (χ2v) is 11.4. The van der Waals surface area contributed by atoms with Crippen LogP contribution in [0.25, 0.3) is 0 Å². The van der Waals surface area contributed by atoms with E-state index in [0.29, 0.717) is 40.9 Å². The number of carbonyl (C=O) groups is 1. The van der Waals surface area contributed by atoms with Crippen LogP contribution in [0.3, 0.4) is 0 Å². The van der Waals surface area contributed by atoms with E-state index in [0.717, 1.165) is 11.1 Å². The first kappa shape index (κ1) is 20.7. The summed E-state index contributed by atoms with van der Waals surface area (Å²) in [5.74, 6) is 1.02. The van der Waals surface area contributed by atoms with Crippen LogP contribution in [0.2, 0.25) is 0 Å². The highest BCUT2D eigenvalue weighted by molar-refractivity contribution is 7.93. The molecule has 0 N–H and O–H groups in total. The topological polar surface area (TPSA) is 74.2 Å². The van der Waals surface area contributed by atoms with E-state index in [4.69, 9.17) is 14.2 Å². The average molecular weight is 430 g/mol. The fourth-order valence-corrected chi connectivity index (χ4v) is 5.40. The average Bonchev–Trinajstić information content (AvgIpc) is 3.17. The first-order valence-electron chi connectivity index (χ1n) is 9.86. The maximum absolute atomic E-state index is 13.6. The van der Waals surface area contributed by atoms with Crippen molar-refractivity contribution >= 4 is 15.6 Å². The molecule has 4 rings (SSSR count). The highest BCUT2D eigenvalue weighted by atomic mass is 32.2. The van der Waals surface area contributed by atoms with Gasteiger partial charge in [0.2, 0.25) is 5.75 Å². The summed E-state index contributed by atoms with van der Waals surface area (Å²) in [5, 5.41) is 0. The lowest BCUT2D eigenvalue weighted by atomic mass is 9.76. The molecular formula is C23H27NO5S. The standard InChI is InChI=1S/C23H27NO5S/c1-22(2)12-28-18-16(22)15(17-19(20(18)27-5)29-13-23(17,3)4)21(25)24-30(6,26)14-10-8-7-9-11-14/h7-11H,12-13H2,1-6H3. The minimum absolute atomic E-state index is 0.405. The smallest absolute Gasteiger partial charge is 0.286 e.